The lowest BCUT2D eigenvalue weighted by Crippen LogP contribution is -2.43. The van der Waals surface area contributed by atoms with E-state index in [1.165, 1.54) is 26.3 Å². The molecule has 0 saturated carbocycles. The highest BCUT2D eigenvalue weighted by Crippen LogP contribution is 2.23. The molecule has 0 saturated heterocycles. The normalized spacial score (nSPS) is 12.0. The van der Waals surface area contributed by atoms with Crippen molar-refractivity contribution in [2.45, 2.75) is 24.3 Å². The Balaban J connectivity index is 1.74. The van der Waals surface area contributed by atoms with Crippen LogP contribution in [0.15, 0.2) is 83.8 Å². The Kier molecular flexibility index (Phi) is 7.50. The second kappa shape index (κ2) is 10.3. The van der Waals surface area contributed by atoms with Crippen molar-refractivity contribution in [3.8, 4) is 0 Å². The maximum Gasteiger partial charge on any atom is 0.328 e. The van der Waals surface area contributed by atoms with Crippen LogP contribution in [0.1, 0.15) is 21.5 Å². The lowest BCUT2D eigenvalue weighted by atomic mass is 10.1. The van der Waals surface area contributed by atoms with E-state index >= 15 is 0 Å². The van der Waals surface area contributed by atoms with Gasteiger partial charge in [0.1, 0.15) is 6.04 Å². The standard InChI is InChI=1S/C25H26N2O5S/c1-18-9-15-22(16-10-18)33(30,31)27(2)21-13-11-20(12-14-21)24(28)26-23(25(29)32-3)17-19-7-5-4-6-8-19/h4-16,23H,17H2,1-3H3,(H,26,28)/t23-/m1/s1. The summed E-state index contributed by atoms with van der Waals surface area (Å²) in [4.78, 5) is 25.1. The molecule has 0 heterocycles. The van der Waals surface area contributed by atoms with E-state index in [9.17, 15) is 18.0 Å². The summed E-state index contributed by atoms with van der Waals surface area (Å²) in [5.74, 6) is -1.01. The van der Waals surface area contributed by atoms with Gasteiger partial charge in [-0.2, -0.15) is 0 Å². The van der Waals surface area contributed by atoms with E-state index in [0.29, 0.717) is 11.3 Å². The van der Waals surface area contributed by atoms with E-state index in [-0.39, 0.29) is 11.3 Å². The number of benzene rings is 3. The van der Waals surface area contributed by atoms with Crippen molar-refractivity contribution in [3.63, 3.8) is 0 Å². The summed E-state index contributed by atoms with van der Waals surface area (Å²) >= 11 is 0. The highest BCUT2D eigenvalue weighted by Gasteiger charge is 2.24. The topological polar surface area (TPSA) is 92.8 Å². The van der Waals surface area contributed by atoms with Crippen LogP contribution >= 0.6 is 0 Å². The molecule has 33 heavy (non-hydrogen) atoms. The first-order valence-corrected chi connectivity index (χ1v) is 11.7. The summed E-state index contributed by atoms with van der Waals surface area (Å²) < 4.78 is 31.8. The number of amides is 1. The number of carbonyl (C=O) groups is 2. The quantitative estimate of drug-likeness (QED) is 0.514. The number of aryl methyl sites for hydroxylation is 1. The van der Waals surface area contributed by atoms with Gasteiger partial charge in [0.25, 0.3) is 15.9 Å². The Hall–Kier alpha value is -3.65. The number of hydrogen-bond donors (Lipinski definition) is 1. The third kappa shape index (κ3) is 5.78. The van der Waals surface area contributed by atoms with Crippen LogP contribution in [0, 0.1) is 6.92 Å². The van der Waals surface area contributed by atoms with Crippen LogP contribution in [-0.4, -0.2) is 40.5 Å². The average Bonchev–Trinajstić information content (AvgIpc) is 2.83. The predicted octanol–water partition coefficient (Wildman–Crippen LogP) is 3.33. The average molecular weight is 467 g/mol. The number of carbonyl (C=O) groups excluding carboxylic acids is 2. The van der Waals surface area contributed by atoms with Gasteiger partial charge < -0.3 is 10.1 Å². The molecule has 3 aromatic carbocycles. The number of anilines is 1. The minimum atomic E-state index is -3.74. The molecule has 1 N–H and O–H groups in total. The molecule has 0 aliphatic carbocycles. The van der Waals surface area contributed by atoms with Gasteiger partial charge in [-0.3, -0.25) is 9.10 Å². The molecule has 1 amide bonds. The lowest BCUT2D eigenvalue weighted by molar-refractivity contribution is -0.142. The van der Waals surface area contributed by atoms with Crippen LogP contribution in [0.3, 0.4) is 0 Å². The fourth-order valence-electron chi connectivity index (χ4n) is 3.26. The van der Waals surface area contributed by atoms with Gasteiger partial charge in [-0.25, -0.2) is 13.2 Å². The second-order valence-electron chi connectivity index (χ2n) is 7.57. The van der Waals surface area contributed by atoms with Crippen LogP contribution in [0.2, 0.25) is 0 Å². The summed E-state index contributed by atoms with van der Waals surface area (Å²) in [6, 6.07) is 21.2. The summed E-state index contributed by atoms with van der Waals surface area (Å²) in [7, 11) is -1.01. The number of methoxy groups -OCH3 is 1. The van der Waals surface area contributed by atoms with E-state index < -0.39 is 27.9 Å². The van der Waals surface area contributed by atoms with Gasteiger partial charge in [0.05, 0.1) is 17.7 Å². The Morgan fingerprint density at radius 1 is 0.939 bits per heavy atom. The largest absolute Gasteiger partial charge is 0.467 e. The molecule has 8 heteroatoms. The zero-order valence-corrected chi connectivity index (χ0v) is 19.5. The summed E-state index contributed by atoms with van der Waals surface area (Å²) in [6.45, 7) is 1.88. The minimum absolute atomic E-state index is 0.180. The molecule has 0 unspecified atom stereocenters. The van der Waals surface area contributed by atoms with Crippen LogP contribution in [0.4, 0.5) is 5.69 Å². The highest BCUT2D eigenvalue weighted by atomic mass is 32.2. The van der Waals surface area contributed by atoms with E-state index in [1.807, 2.05) is 37.3 Å². The first-order valence-electron chi connectivity index (χ1n) is 10.3. The zero-order chi connectivity index (χ0) is 24.0. The molecule has 3 rings (SSSR count). The lowest BCUT2D eigenvalue weighted by Gasteiger charge is -2.20. The van der Waals surface area contributed by atoms with Crippen molar-refractivity contribution < 1.29 is 22.7 Å². The van der Waals surface area contributed by atoms with Gasteiger partial charge in [-0.15, -0.1) is 0 Å². The molecule has 7 nitrogen and oxygen atoms in total. The molecule has 0 fully saturated rings. The molecule has 0 spiro atoms. The molecule has 1 atom stereocenters. The summed E-state index contributed by atoms with van der Waals surface area (Å²) in [6.07, 6.45) is 0.287. The SMILES string of the molecule is COC(=O)[C@@H](Cc1ccccc1)NC(=O)c1ccc(N(C)S(=O)(=O)c2ccc(C)cc2)cc1. The van der Waals surface area contributed by atoms with Crippen molar-refractivity contribution in [1.29, 1.82) is 0 Å². The molecule has 0 bridgehead atoms. The number of ether oxygens (including phenoxy) is 1. The van der Waals surface area contributed by atoms with Crippen molar-refractivity contribution in [2.75, 3.05) is 18.5 Å². The van der Waals surface area contributed by atoms with Crippen molar-refractivity contribution >= 4 is 27.6 Å². The Morgan fingerprint density at radius 2 is 1.55 bits per heavy atom. The zero-order valence-electron chi connectivity index (χ0n) is 18.7. The maximum absolute atomic E-state index is 12.9. The summed E-state index contributed by atoms with van der Waals surface area (Å²) in [5.41, 5.74) is 2.54. The van der Waals surface area contributed by atoms with Gasteiger partial charge in [0, 0.05) is 19.0 Å². The van der Waals surface area contributed by atoms with Crippen molar-refractivity contribution in [1.82, 2.24) is 5.32 Å². The van der Waals surface area contributed by atoms with Crippen LogP contribution in [0.25, 0.3) is 0 Å². The predicted molar refractivity (Wildman–Crippen MR) is 127 cm³/mol. The number of rotatable bonds is 8. The third-order valence-electron chi connectivity index (χ3n) is 5.25. The number of sulfonamides is 1. The minimum Gasteiger partial charge on any atom is -0.467 e. The number of nitrogens with one attached hydrogen (secondary N) is 1. The molecular formula is C25H26N2O5S. The fourth-order valence-corrected chi connectivity index (χ4v) is 4.45. The maximum atomic E-state index is 12.9. The van der Waals surface area contributed by atoms with E-state index in [2.05, 4.69) is 5.32 Å². The Labute approximate surface area is 194 Å². The second-order valence-corrected chi connectivity index (χ2v) is 9.54. The monoisotopic (exact) mass is 466 g/mol. The molecule has 0 aromatic heterocycles. The number of esters is 1. The van der Waals surface area contributed by atoms with Crippen LogP contribution in [0.5, 0.6) is 0 Å². The number of nitrogens with zero attached hydrogens (tertiary/aromatic N) is 1. The third-order valence-corrected chi connectivity index (χ3v) is 7.05. The molecule has 0 aliphatic heterocycles. The first-order chi connectivity index (χ1) is 15.7. The Bertz CT molecular complexity index is 1210. The molecule has 0 radical (unpaired) electrons. The molecule has 172 valence electrons. The Morgan fingerprint density at radius 3 is 2.12 bits per heavy atom. The molecule has 0 aliphatic rings. The van der Waals surface area contributed by atoms with Crippen LogP contribution in [-0.2, 0) is 26.0 Å². The van der Waals surface area contributed by atoms with Crippen molar-refractivity contribution in [3.05, 3.63) is 95.6 Å². The van der Waals surface area contributed by atoms with E-state index in [4.69, 9.17) is 4.74 Å². The van der Waals surface area contributed by atoms with E-state index in [1.54, 1.807) is 36.4 Å². The molecular weight excluding hydrogens is 440 g/mol. The van der Waals surface area contributed by atoms with Crippen LogP contribution < -0.4 is 9.62 Å². The molecule has 3 aromatic rings. The smallest absolute Gasteiger partial charge is 0.328 e. The van der Waals surface area contributed by atoms with Gasteiger partial charge in [-0.1, -0.05) is 48.0 Å². The van der Waals surface area contributed by atoms with Crippen molar-refractivity contribution in [2.24, 2.45) is 0 Å². The van der Waals surface area contributed by atoms with E-state index in [0.717, 1.165) is 15.4 Å². The fraction of sp³-hybridized carbons (Fsp3) is 0.200. The van der Waals surface area contributed by atoms with Gasteiger partial charge in [-0.05, 0) is 48.9 Å². The number of hydrogen-bond acceptors (Lipinski definition) is 5. The van der Waals surface area contributed by atoms with Gasteiger partial charge in [0.2, 0.25) is 0 Å². The first kappa shape index (κ1) is 24.0. The van der Waals surface area contributed by atoms with Gasteiger partial charge >= 0.3 is 5.97 Å². The highest BCUT2D eigenvalue weighted by molar-refractivity contribution is 7.92. The summed E-state index contributed by atoms with van der Waals surface area (Å²) in [5, 5.41) is 2.70. The van der Waals surface area contributed by atoms with Gasteiger partial charge in [0.15, 0.2) is 0 Å².